The largest absolute Gasteiger partial charge is 0.383 e. The Bertz CT molecular complexity index is 927. The van der Waals surface area contributed by atoms with Crippen LogP contribution in [0.15, 0.2) is 60.8 Å². The molecule has 0 fully saturated rings. The summed E-state index contributed by atoms with van der Waals surface area (Å²) in [6, 6.07) is 15.2. The number of nitrogens with one attached hydrogen (secondary N) is 2. The van der Waals surface area contributed by atoms with Gasteiger partial charge in [0.05, 0.1) is 11.9 Å². The molecule has 2 N–H and O–H groups in total. The van der Waals surface area contributed by atoms with Crippen LogP contribution in [0.4, 0.5) is 15.8 Å². The van der Waals surface area contributed by atoms with Crippen LogP contribution in [0.25, 0.3) is 0 Å². The van der Waals surface area contributed by atoms with Crippen molar-refractivity contribution in [3.8, 4) is 0 Å². The average molecular weight is 384 g/mol. The van der Waals surface area contributed by atoms with Crippen LogP contribution in [0, 0.1) is 12.7 Å². The summed E-state index contributed by atoms with van der Waals surface area (Å²) in [7, 11) is 0. The first kappa shape index (κ1) is 18.9. The van der Waals surface area contributed by atoms with Gasteiger partial charge < -0.3 is 10.6 Å². The second-order valence-electron chi connectivity index (χ2n) is 6.10. The number of rotatable bonds is 6. The Labute approximate surface area is 162 Å². The molecule has 1 aromatic heterocycles. The quantitative estimate of drug-likeness (QED) is 0.623. The fourth-order valence-corrected chi connectivity index (χ4v) is 2.74. The first-order valence-corrected chi connectivity index (χ1v) is 8.91. The molecular formula is C21H19ClFN3O. The van der Waals surface area contributed by atoms with E-state index in [0.717, 1.165) is 23.2 Å². The molecule has 0 saturated heterocycles. The molecule has 0 saturated carbocycles. The molecule has 3 aromatic rings. The number of carbonyl (C=O) groups excluding carboxylic acids is 1. The maximum Gasteiger partial charge on any atom is 0.274 e. The van der Waals surface area contributed by atoms with Gasteiger partial charge in [-0.1, -0.05) is 29.8 Å². The van der Waals surface area contributed by atoms with E-state index < -0.39 is 0 Å². The van der Waals surface area contributed by atoms with Gasteiger partial charge in [-0.05, 0) is 60.9 Å². The Hall–Kier alpha value is -2.92. The molecule has 2 aromatic carbocycles. The van der Waals surface area contributed by atoms with E-state index in [2.05, 4.69) is 15.6 Å². The zero-order valence-corrected chi connectivity index (χ0v) is 15.6. The zero-order valence-electron chi connectivity index (χ0n) is 14.8. The van der Waals surface area contributed by atoms with Gasteiger partial charge in [0.2, 0.25) is 0 Å². The number of aromatic nitrogens is 1. The van der Waals surface area contributed by atoms with Crippen molar-refractivity contribution in [2.75, 3.05) is 17.2 Å². The van der Waals surface area contributed by atoms with E-state index in [-0.39, 0.29) is 11.7 Å². The summed E-state index contributed by atoms with van der Waals surface area (Å²) in [6.07, 6.45) is 2.38. The maximum atomic E-state index is 12.9. The molecule has 0 bridgehead atoms. The van der Waals surface area contributed by atoms with E-state index in [1.54, 1.807) is 48.7 Å². The fraction of sp³-hybridized carbons (Fsp3) is 0.143. The summed E-state index contributed by atoms with van der Waals surface area (Å²) >= 11 is 6.07. The number of nitrogens with zero attached hydrogens (tertiary/aromatic N) is 1. The highest BCUT2D eigenvalue weighted by atomic mass is 35.5. The van der Waals surface area contributed by atoms with Crippen LogP contribution < -0.4 is 10.6 Å². The number of amides is 1. The second-order valence-corrected chi connectivity index (χ2v) is 6.51. The van der Waals surface area contributed by atoms with Crippen LogP contribution in [0.2, 0.25) is 5.02 Å². The Morgan fingerprint density at radius 3 is 2.59 bits per heavy atom. The minimum atomic E-state index is -0.293. The highest BCUT2D eigenvalue weighted by molar-refractivity contribution is 6.31. The van der Waals surface area contributed by atoms with E-state index in [9.17, 15) is 9.18 Å². The van der Waals surface area contributed by atoms with Gasteiger partial charge in [0.25, 0.3) is 5.91 Å². The van der Waals surface area contributed by atoms with Gasteiger partial charge >= 0.3 is 0 Å². The van der Waals surface area contributed by atoms with E-state index >= 15 is 0 Å². The molecule has 0 aliphatic heterocycles. The normalized spacial score (nSPS) is 10.5. The molecule has 138 valence electrons. The van der Waals surface area contributed by atoms with Crippen LogP contribution in [0.5, 0.6) is 0 Å². The zero-order chi connectivity index (χ0) is 19.2. The maximum absolute atomic E-state index is 12.9. The van der Waals surface area contributed by atoms with Gasteiger partial charge in [-0.3, -0.25) is 4.79 Å². The number of hydrogen-bond acceptors (Lipinski definition) is 3. The van der Waals surface area contributed by atoms with Crippen molar-refractivity contribution in [2.24, 2.45) is 0 Å². The van der Waals surface area contributed by atoms with Crippen molar-refractivity contribution in [3.63, 3.8) is 0 Å². The van der Waals surface area contributed by atoms with Crippen molar-refractivity contribution in [2.45, 2.75) is 13.3 Å². The third-order valence-electron chi connectivity index (χ3n) is 4.17. The summed E-state index contributed by atoms with van der Waals surface area (Å²) in [4.78, 5) is 16.6. The Kier molecular flexibility index (Phi) is 6.04. The van der Waals surface area contributed by atoms with Crippen molar-refractivity contribution >= 4 is 28.9 Å². The standard InChI is InChI=1S/C21H19ClFN3O/c1-14-18(22)3-2-4-19(14)26-21(27)20-10-9-17(13-25-20)24-12-11-15-5-7-16(23)8-6-15/h2-10,13,24H,11-12H2,1H3,(H,26,27). The minimum absolute atomic E-state index is 0.238. The first-order valence-electron chi connectivity index (χ1n) is 8.54. The second kappa shape index (κ2) is 8.64. The van der Waals surface area contributed by atoms with Crippen LogP contribution >= 0.6 is 11.6 Å². The Morgan fingerprint density at radius 1 is 1.11 bits per heavy atom. The lowest BCUT2D eigenvalue weighted by atomic mass is 10.1. The lowest BCUT2D eigenvalue weighted by molar-refractivity contribution is 0.102. The number of anilines is 2. The molecule has 3 rings (SSSR count). The number of pyridine rings is 1. The number of hydrogen-bond donors (Lipinski definition) is 2. The smallest absolute Gasteiger partial charge is 0.274 e. The summed E-state index contributed by atoms with van der Waals surface area (Å²) in [5.41, 5.74) is 3.65. The number of benzene rings is 2. The summed E-state index contributed by atoms with van der Waals surface area (Å²) in [5, 5.41) is 6.65. The van der Waals surface area contributed by atoms with Crippen LogP contribution in [0.1, 0.15) is 21.6 Å². The van der Waals surface area contributed by atoms with Crippen molar-refractivity contribution < 1.29 is 9.18 Å². The van der Waals surface area contributed by atoms with Crippen LogP contribution in [0.3, 0.4) is 0 Å². The predicted molar refractivity (Wildman–Crippen MR) is 107 cm³/mol. The molecule has 0 radical (unpaired) electrons. The monoisotopic (exact) mass is 383 g/mol. The van der Waals surface area contributed by atoms with Crippen LogP contribution in [-0.4, -0.2) is 17.4 Å². The molecule has 0 aliphatic carbocycles. The summed E-state index contributed by atoms with van der Waals surface area (Å²) in [5.74, 6) is -0.532. The molecule has 0 spiro atoms. The molecule has 1 heterocycles. The highest BCUT2D eigenvalue weighted by Gasteiger charge is 2.10. The minimum Gasteiger partial charge on any atom is -0.383 e. The third kappa shape index (κ3) is 5.05. The summed E-state index contributed by atoms with van der Waals surface area (Å²) in [6.45, 7) is 2.53. The van der Waals surface area contributed by atoms with Gasteiger partial charge in [-0.25, -0.2) is 9.37 Å². The molecule has 0 atom stereocenters. The first-order chi connectivity index (χ1) is 13.0. The van der Waals surface area contributed by atoms with Crippen molar-refractivity contribution in [1.29, 1.82) is 0 Å². The predicted octanol–water partition coefficient (Wildman–Crippen LogP) is 5.09. The van der Waals surface area contributed by atoms with E-state index in [4.69, 9.17) is 11.6 Å². The van der Waals surface area contributed by atoms with Crippen molar-refractivity contribution in [1.82, 2.24) is 4.98 Å². The molecule has 0 unspecified atom stereocenters. The van der Waals surface area contributed by atoms with Gasteiger partial charge in [0.15, 0.2) is 0 Å². The Morgan fingerprint density at radius 2 is 1.89 bits per heavy atom. The van der Waals surface area contributed by atoms with Gasteiger partial charge in [-0.15, -0.1) is 0 Å². The van der Waals surface area contributed by atoms with E-state index in [1.807, 2.05) is 6.92 Å². The lowest BCUT2D eigenvalue weighted by Crippen LogP contribution is -2.14. The van der Waals surface area contributed by atoms with Crippen LogP contribution in [-0.2, 0) is 6.42 Å². The molecular weight excluding hydrogens is 365 g/mol. The number of carbonyl (C=O) groups is 1. The topological polar surface area (TPSA) is 54.0 Å². The SMILES string of the molecule is Cc1c(Cl)cccc1NC(=O)c1ccc(NCCc2ccc(F)cc2)cn1. The van der Waals surface area contributed by atoms with Gasteiger partial charge in [0.1, 0.15) is 11.5 Å². The third-order valence-corrected chi connectivity index (χ3v) is 4.58. The molecule has 4 nitrogen and oxygen atoms in total. The molecule has 1 amide bonds. The fourth-order valence-electron chi connectivity index (χ4n) is 2.56. The molecule has 0 aliphatic rings. The summed E-state index contributed by atoms with van der Waals surface area (Å²) < 4.78 is 12.9. The highest BCUT2D eigenvalue weighted by Crippen LogP contribution is 2.23. The Balaban J connectivity index is 1.55. The lowest BCUT2D eigenvalue weighted by Gasteiger charge is -2.10. The van der Waals surface area contributed by atoms with Crippen molar-refractivity contribution in [3.05, 3.63) is 88.5 Å². The van der Waals surface area contributed by atoms with E-state index in [1.165, 1.54) is 12.1 Å². The van der Waals surface area contributed by atoms with Gasteiger partial charge in [0, 0.05) is 17.3 Å². The average Bonchev–Trinajstić information content (AvgIpc) is 2.67. The molecule has 27 heavy (non-hydrogen) atoms. The van der Waals surface area contributed by atoms with Gasteiger partial charge in [-0.2, -0.15) is 0 Å². The molecule has 6 heteroatoms. The van der Waals surface area contributed by atoms with E-state index in [0.29, 0.717) is 22.9 Å². The number of halogens is 2.